The van der Waals surface area contributed by atoms with Crippen molar-refractivity contribution in [2.45, 2.75) is 19.0 Å². The molecule has 0 aromatic carbocycles. The van der Waals surface area contributed by atoms with Crippen LogP contribution in [0.25, 0.3) is 0 Å². The van der Waals surface area contributed by atoms with Crippen molar-refractivity contribution >= 4 is 0 Å². The predicted octanol–water partition coefficient (Wildman–Crippen LogP) is -0.0883. The molecule has 0 aliphatic carbocycles. The molecule has 1 rings (SSSR count). The van der Waals surface area contributed by atoms with Crippen molar-refractivity contribution in [1.82, 2.24) is 10.2 Å². The van der Waals surface area contributed by atoms with Gasteiger partial charge in [0.25, 0.3) is 0 Å². The van der Waals surface area contributed by atoms with Crippen LogP contribution in [-0.2, 0) is 0 Å². The number of hydrogen-bond acceptors (Lipinski definition) is 2. The highest BCUT2D eigenvalue weighted by Crippen LogP contribution is 1.99. The molecule has 0 aromatic heterocycles. The Labute approximate surface area is 62.6 Å². The zero-order valence-electron chi connectivity index (χ0n) is 6.59. The minimum atomic E-state index is 0.244. The Bertz CT molecular complexity index is 138. The first-order valence-corrected chi connectivity index (χ1v) is 3.63. The number of likely N-dealkylation sites (N-methyl/N-ethyl adjacent to an activating group) is 1. The highest BCUT2D eigenvalue weighted by Gasteiger charge is 2.18. The summed E-state index contributed by atoms with van der Waals surface area (Å²) < 4.78 is 0. The molecular weight excluding hydrogens is 124 g/mol. The first-order valence-electron chi connectivity index (χ1n) is 3.63. The molecule has 1 fully saturated rings. The maximum Gasteiger partial charge on any atom is 0.0818 e. The van der Waals surface area contributed by atoms with Crippen LogP contribution in [0.1, 0.15) is 6.92 Å². The van der Waals surface area contributed by atoms with Crippen molar-refractivity contribution in [3.63, 3.8) is 0 Å². The Hall–Kier alpha value is -0.520. The zero-order valence-corrected chi connectivity index (χ0v) is 6.59. The molecule has 10 heavy (non-hydrogen) atoms. The Balaban J connectivity index is 2.44. The molecule has 56 valence electrons. The molecule has 1 aliphatic rings. The maximum absolute atomic E-state index is 5.29. The molecule has 1 N–H and O–H groups in total. The van der Waals surface area contributed by atoms with Gasteiger partial charge in [0.1, 0.15) is 0 Å². The van der Waals surface area contributed by atoms with Gasteiger partial charge in [-0.3, -0.25) is 5.32 Å². The van der Waals surface area contributed by atoms with Gasteiger partial charge in [-0.1, -0.05) is 5.92 Å². The van der Waals surface area contributed by atoms with Gasteiger partial charge in [0.05, 0.1) is 6.04 Å². The Morgan fingerprint density at radius 3 is 2.80 bits per heavy atom. The van der Waals surface area contributed by atoms with Crippen molar-refractivity contribution in [2.75, 3.05) is 20.1 Å². The lowest BCUT2D eigenvalue weighted by Crippen LogP contribution is -2.53. The molecule has 1 aliphatic heterocycles. The van der Waals surface area contributed by atoms with Crippen LogP contribution in [-0.4, -0.2) is 37.1 Å². The molecule has 0 bridgehead atoms. The van der Waals surface area contributed by atoms with Crippen LogP contribution in [0, 0.1) is 12.3 Å². The van der Waals surface area contributed by atoms with Crippen molar-refractivity contribution in [3.05, 3.63) is 0 Å². The van der Waals surface area contributed by atoms with Crippen LogP contribution in [0.4, 0.5) is 0 Å². The van der Waals surface area contributed by atoms with Crippen LogP contribution in [0.3, 0.4) is 0 Å². The summed E-state index contributed by atoms with van der Waals surface area (Å²) in [7, 11) is 2.10. The first-order chi connectivity index (χ1) is 4.72. The fourth-order valence-corrected chi connectivity index (χ4v) is 1.40. The molecular formula is C8H14N2. The second-order valence-electron chi connectivity index (χ2n) is 3.01. The SMILES string of the molecule is C#C[C@@H]1CN(C)C[C@H](C)N1. The Morgan fingerprint density at radius 1 is 1.60 bits per heavy atom. The average molecular weight is 138 g/mol. The molecule has 1 saturated heterocycles. The minimum Gasteiger partial charge on any atom is -0.302 e. The molecule has 0 saturated carbocycles. The summed E-state index contributed by atoms with van der Waals surface area (Å²) in [6, 6.07) is 0.772. The van der Waals surface area contributed by atoms with Crippen molar-refractivity contribution in [3.8, 4) is 12.3 Å². The fourth-order valence-electron chi connectivity index (χ4n) is 1.40. The summed E-state index contributed by atoms with van der Waals surface area (Å²) in [5, 5.41) is 3.32. The largest absolute Gasteiger partial charge is 0.302 e. The van der Waals surface area contributed by atoms with E-state index in [2.05, 4.69) is 30.1 Å². The fraction of sp³-hybridized carbons (Fsp3) is 0.750. The molecule has 1 heterocycles. The summed E-state index contributed by atoms with van der Waals surface area (Å²) in [6.07, 6.45) is 5.29. The highest BCUT2D eigenvalue weighted by atomic mass is 15.2. The van der Waals surface area contributed by atoms with E-state index in [1.807, 2.05) is 0 Å². The molecule has 0 unspecified atom stereocenters. The van der Waals surface area contributed by atoms with E-state index >= 15 is 0 Å². The third-order valence-electron chi connectivity index (χ3n) is 1.77. The molecule has 0 amide bonds. The predicted molar refractivity (Wildman–Crippen MR) is 42.7 cm³/mol. The van der Waals surface area contributed by atoms with Crippen LogP contribution in [0.5, 0.6) is 0 Å². The zero-order chi connectivity index (χ0) is 7.56. The van der Waals surface area contributed by atoms with E-state index in [9.17, 15) is 0 Å². The minimum absolute atomic E-state index is 0.244. The van der Waals surface area contributed by atoms with E-state index in [4.69, 9.17) is 6.42 Å². The topological polar surface area (TPSA) is 15.3 Å². The molecule has 0 spiro atoms. The van der Waals surface area contributed by atoms with Gasteiger partial charge in [0.2, 0.25) is 0 Å². The Morgan fingerprint density at radius 2 is 2.30 bits per heavy atom. The van der Waals surface area contributed by atoms with Crippen molar-refractivity contribution in [1.29, 1.82) is 0 Å². The lowest BCUT2D eigenvalue weighted by atomic mass is 10.1. The van der Waals surface area contributed by atoms with Gasteiger partial charge in [0, 0.05) is 19.1 Å². The third-order valence-corrected chi connectivity index (χ3v) is 1.77. The van der Waals surface area contributed by atoms with Crippen molar-refractivity contribution in [2.24, 2.45) is 0 Å². The van der Waals surface area contributed by atoms with E-state index in [1.165, 1.54) is 0 Å². The third kappa shape index (κ3) is 1.73. The van der Waals surface area contributed by atoms with Gasteiger partial charge in [-0.2, -0.15) is 0 Å². The smallest absolute Gasteiger partial charge is 0.0818 e. The average Bonchev–Trinajstić information content (AvgIpc) is 1.85. The number of terminal acetylenes is 1. The quantitative estimate of drug-likeness (QED) is 0.471. The molecule has 2 heteroatoms. The maximum atomic E-state index is 5.29. The van der Waals surface area contributed by atoms with Gasteiger partial charge in [-0.15, -0.1) is 6.42 Å². The highest BCUT2D eigenvalue weighted by molar-refractivity contribution is 5.03. The summed E-state index contributed by atoms with van der Waals surface area (Å²) in [5.74, 6) is 2.71. The summed E-state index contributed by atoms with van der Waals surface area (Å²) in [4.78, 5) is 2.26. The van der Waals surface area contributed by atoms with Crippen LogP contribution >= 0.6 is 0 Å². The van der Waals surface area contributed by atoms with Crippen LogP contribution < -0.4 is 5.32 Å². The standard InChI is InChI=1S/C8H14N2/c1-4-8-6-10(3)5-7(2)9-8/h1,7-9H,5-6H2,2-3H3/t7-,8+/m0/s1. The van der Waals surface area contributed by atoms with Gasteiger partial charge >= 0.3 is 0 Å². The van der Waals surface area contributed by atoms with Gasteiger partial charge in [-0.25, -0.2) is 0 Å². The lowest BCUT2D eigenvalue weighted by molar-refractivity contribution is 0.224. The molecule has 0 aromatic rings. The summed E-state index contributed by atoms with van der Waals surface area (Å²) >= 11 is 0. The number of nitrogens with zero attached hydrogens (tertiary/aromatic N) is 1. The monoisotopic (exact) mass is 138 g/mol. The van der Waals surface area contributed by atoms with E-state index in [1.54, 1.807) is 0 Å². The number of nitrogens with one attached hydrogen (secondary N) is 1. The summed E-state index contributed by atoms with van der Waals surface area (Å²) in [6.45, 7) is 4.22. The molecule has 2 nitrogen and oxygen atoms in total. The lowest BCUT2D eigenvalue weighted by Gasteiger charge is -2.32. The number of rotatable bonds is 0. The second-order valence-corrected chi connectivity index (χ2v) is 3.01. The molecule has 0 radical (unpaired) electrons. The molecule has 2 atom stereocenters. The number of piperazine rings is 1. The van der Waals surface area contributed by atoms with E-state index in [0.29, 0.717) is 6.04 Å². The first kappa shape index (κ1) is 7.59. The van der Waals surface area contributed by atoms with Gasteiger partial charge in [0.15, 0.2) is 0 Å². The van der Waals surface area contributed by atoms with Gasteiger partial charge < -0.3 is 4.90 Å². The Kier molecular flexibility index (Phi) is 2.31. The van der Waals surface area contributed by atoms with E-state index < -0.39 is 0 Å². The second kappa shape index (κ2) is 3.05. The normalized spacial score (nSPS) is 35.3. The van der Waals surface area contributed by atoms with Crippen molar-refractivity contribution < 1.29 is 0 Å². The van der Waals surface area contributed by atoms with Gasteiger partial charge in [-0.05, 0) is 14.0 Å². The summed E-state index contributed by atoms with van der Waals surface area (Å²) in [5.41, 5.74) is 0. The number of hydrogen-bond donors (Lipinski definition) is 1. The van der Waals surface area contributed by atoms with Crippen LogP contribution in [0.15, 0.2) is 0 Å². The van der Waals surface area contributed by atoms with E-state index in [0.717, 1.165) is 13.1 Å². The van der Waals surface area contributed by atoms with Crippen LogP contribution in [0.2, 0.25) is 0 Å². The van der Waals surface area contributed by atoms with E-state index in [-0.39, 0.29) is 6.04 Å².